The van der Waals surface area contributed by atoms with Crippen molar-refractivity contribution in [3.8, 4) is 0 Å². The van der Waals surface area contributed by atoms with E-state index < -0.39 is 17.3 Å². The van der Waals surface area contributed by atoms with E-state index in [0.29, 0.717) is 19.5 Å². The van der Waals surface area contributed by atoms with Crippen molar-refractivity contribution < 1.29 is 19.5 Å². The first-order valence-corrected chi connectivity index (χ1v) is 8.72. The van der Waals surface area contributed by atoms with Gasteiger partial charge in [-0.05, 0) is 25.2 Å². The SMILES string of the molecule is CC1CC(C(=O)O)CN(C(=O)NCC2(C(=O)N(C)C)CCCC2)C1. The normalized spacial score (nSPS) is 26.0. The van der Waals surface area contributed by atoms with Crippen molar-refractivity contribution in [2.24, 2.45) is 17.3 Å². The van der Waals surface area contributed by atoms with Crippen LogP contribution in [0.3, 0.4) is 0 Å². The van der Waals surface area contributed by atoms with Gasteiger partial charge in [0.15, 0.2) is 0 Å². The number of rotatable bonds is 4. The molecule has 2 unspecified atom stereocenters. The molecule has 0 aromatic carbocycles. The van der Waals surface area contributed by atoms with E-state index in [1.54, 1.807) is 23.9 Å². The predicted octanol–water partition coefficient (Wildman–Crippen LogP) is 1.39. The highest BCUT2D eigenvalue weighted by Crippen LogP contribution is 2.39. The molecule has 0 spiro atoms. The van der Waals surface area contributed by atoms with Crippen LogP contribution in [0.2, 0.25) is 0 Å². The van der Waals surface area contributed by atoms with Crippen LogP contribution in [0.5, 0.6) is 0 Å². The average molecular weight is 339 g/mol. The van der Waals surface area contributed by atoms with Crippen molar-refractivity contribution >= 4 is 17.9 Å². The number of nitrogens with one attached hydrogen (secondary N) is 1. The zero-order valence-electron chi connectivity index (χ0n) is 14.9. The lowest BCUT2D eigenvalue weighted by atomic mass is 9.84. The van der Waals surface area contributed by atoms with Crippen LogP contribution in [0.1, 0.15) is 39.0 Å². The van der Waals surface area contributed by atoms with Gasteiger partial charge in [-0.3, -0.25) is 9.59 Å². The highest BCUT2D eigenvalue weighted by molar-refractivity contribution is 5.84. The lowest BCUT2D eigenvalue weighted by Gasteiger charge is -2.36. The smallest absolute Gasteiger partial charge is 0.317 e. The van der Waals surface area contributed by atoms with Crippen molar-refractivity contribution in [1.82, 2.24) is 15.1 Å². The van der Waals surface area contributed by atoms with Crippen molar-refractivity contribution in [3.63, 3.8) is 0 Å². The van der Waals surface area contributed by atoms with Gasteiger partial charge in [-0.1, -0.05) is 19.8 Å². The third kappa shape index (κ3) is 3.99. The maximum Gasteiger partial charge on any atom is 0.317 e. The van der Waals surface area contributed by atoms with Crippen molar-refractivity contribution in [2.45, 2.75) is 39.0 Å². The summed E-state index contributed by atoms with van der Waals surface area (Å²) in [6.45, 7) is 3.08. The topological polar surface area (TPSA) is 90.0 Å². The minimum atomic E-state index is -0.852. The molecule has 0 aromatic heterocycles. The molecule has 1 saturated carbocycles. The highest BCUT2D eigenvalue weighted by Gasteiger charge is 2.42. The molecule has 0 radical (unpaired) electrons. The Labute approximate surface area is 143 Å². The van der Waals surface area contributed by atoms with Gasteiger partial charge in [0.05, 0.1) is 11.3 Å². The standard InChI is InChI=1S/C17H29N3O4/c1-12-8-13(14(21)22)10-20(9-12)16(24)18-11-17(6-4-5-7-17)15(23)19(2)3/h12-13H,4-11H2,1-3H3,(H,18,24)(H,21,22). The molecule has 2 rings (SSSR count). The van der Waals surface area contributed by atoms with Crippen molar-refractivity contribution in [2.75, 3.05) is 33.7 Å². The van der Waals surface area contributed by atoms with Gasteiger partial charge in [0.1, 0.15) is 0 Å². The fourth-order valence-electron chi connectivity index (χ4n) is 4.05. The summed E-state index contributed by atoms with van der Waals surface area (Å²) in [6, 6.07) is -0.259. The van der Waals surface area contributed by atoms with Crippen LogP contribution in [0, 0.1) is 17.3 Å². The van der Waals surface area contributed by atoms with Crippen LogP contribution < -0.4 is 5.32 Å². The summed E-state index contributed by atoms with van der Waals surface area (Å²) in [5.41, 5.74) is -0.507. The number of likely N-dealkylation sites (tertiary alicyclic amines) is 1. The largest absolute Gasteiger partial charge is 0.481 e. The number of amides is 3. The molecule has 0 aromatic rings. The fourth-order valence-corrected chi connectivity index (χ4v) is 4.05. The Morgan fingerprint density at radius 3 is 2.38 bits per heavy atom. The molecule has 1 saturated heterocycles. The number of carbonyl (C=O) groups is 3. The summed E-state index contributed by atoms with van der Waals surface area (Å²) in [5.74, 6) is -1.14. The second-order valence-corrected chi connectivity index (χ2v) is 7.63. The number of carboxylic acid groups (broad SMARTS) is 1. The molecule has 24 heavy (non-hydrogen) atoms. The van der Waals surface area contributed by atoms with E-state index in [1.165, 1.54) is 0 Å². The van der Waals surface area contributed by atoms with Gasteiger partial charge in [-0.25, -0.2) is 4.79 Å². The number of urea groups is 1. The van der Waals surface area contributed by atoms with Crippen LogP contribution in [0.25, 0.3) is 0 Å². The van der Waals surface area contributed by atoms with Crippen LogP contribution in [-0.2, 0) is 9.59 Å². The van der Waals surface area contributed by atoms with Crippen molar-refractivity contribution in [1.29, 1.82) is 0 Å². The highest BCUT2D eigenvalue weighted by atomic mass is 16.4. The van der Waals surface area contributed by atoms with Gasteiger partial charge in [0.2, 0.25) is 5.91 Å². The minimum absolute atomic E-state index is 0.0655. The Morgan fingerprint density at radius 1 is 1.21 bits per heavy atom. The number of hydrogen-bond acceptors (Lipinski definition) is 3. The molecule has 2 aliphatic rings. The Bertz CT molecular complexity index is 500. The Kier molecular flexibility index (Phi) is 5.72. The van der Waals surface area contributed by atoms with Gasteiger partial charge in [-0.15, -0.1) is 0 Å². The maximum atomic E-state index is 12.5. The Balaban J connectivity index is 1.98. The third-order valence-corrected chi connectivity index (χ3v) is 5.29. The lowest BCUT2D eigenvalue weighted by molar-refractivity contribution is -0.143. The van der Waals surface area contributed by atoms with Gasteiger partial charge in [0, 0.05) is 33.7 Å². The number of hydrogen-bond donors (Lipinski definition) is 2. The van der Waals surface area contributed by atoms with Crippen LogP contribution in [-0.4, -0.2) is 66.5 Å². The first-order valence-electron chi connectivity index (χ1n) is 8.72. The molecule has 2 N–H and O–H groups in total. The van der Waals surface area contributed by atoms with Crippen molar-refractivity contribution in [3.05, 3.63) is 0 Å². The number of carbonyl (C=O) groups excluding carboxylic acids is 2. The molecule has 7 nitrogen and oxygen atoms in total. The van der Waals surface area contributed by atoms with E-state index in [0.717, 1.165) is 25.7 Å². The van der Waals surface area contributed by atoms with E-state index >= 15 is 0 Å². The summed E-state index contributed by atoms with van der Waals surface area (Å²) in [7, 11) is 3.49. The molecule has 3 amide bonds. The lowest BCUT2D eigenvalue weighted by Crippen LogP contribution is -2.53. The molecule has 7 heteroatoms. The molecule has 2 atom stereocenters. The summed E-state index contributed by atoms with van der Waals surface area (Å²) in [5, 5.41) is 12.1. The number of nitrogens with zero attached hydrogens (tertiary/aromatic N) is 2. The summed E-state index contributed by atoms with van der Waals surface area (Å²) in [6.07, 6.45) is 4.17. The molecule has 1 aliphatic carbocycles. The van der Waals surface area contributed by atoms with E-state index in [4.69, 9.17) is 0 Å². The van der Waals surface area contributed by atoms with Crippen LogP contribution in [0.4, 0.5) is 4.79 Å². The quantitative estimate of drug-likeness (QED) is 0.810. The van der Waals surface area contributed by atoms with E-state index in [9.17, 15) is 19.5 Å². The summed E-state index contributed by atoms with van der Waals surface area (Å²) in [4.78, 5) is 39.5. The molecule has 1 aliphatic heterocycles. The molecule has 0 bridgehead atoms. The van der Waals surface area contributed by atoms with Crippen LogP contribution >= 0.6 is 0 Å². The number of aliphatic carboxylic acids is 1. The maximum absolute atomic E-state index is 12.5. The van der Waals surface area contributed by atoms with Gasteiger partial charge in [0.25, 0.3) is 0 Å². The number of carboxylic acids is 1. The second-order valence-electron chi connectivity index (χ2n) is 7.63. The second kappa shape index (κ2) is 7.40. The van der Waals surface area contributed by atoms with Gasteiger partial charge in [-0.2, -0.15) is 0 Å². The van der Waals surface area contributed by atoms with E-state index in [-0.39, 0.29) is 24.4 Å². The molecule has 1 heterocycles. The molecule has 136 valence electrons. The molecule has 2 fully saturated rings. The zero-order valence-corrected chi connectivity index (χ0v) is 14.9. The first-order chi connectivity index (χ1) is 11.2. The third-order valence-electron chi connectivity index (χ3n) is 5.29. The first kappa shape index (κ1) is 18.5. The summed E-state index contributed by atoms with van der Waals surface area (Å²) >= 11 is 0. The fraction of sp³-hybridized carbons (Fsp3) is 0.824. The van der Waals surface area contributed by atoms with Gasteiger partial charge >= 0.3 is 12.0 Å². The van der Waals surface area contributed by atoms with Crippen LogP contribution in [0.15, 0.2) is 0 Å². The Hall–Kier alpha value is -1.79. The monoisotopic (exact) mass is 339 g/mol. The molecular weight excluding hydrogens is 310 g/mol. The number of piperidine rings is 1. The zero-order chi connectivity index (χ0) is 17.9. The van der Waals surface area contributed by atoms with E-state index in [1.807, 2.05) is 6.92 Å². The van der Waals surface area contributed by atoms with E-state index in [2.05, 4.69) is 5.32 Å². The van der Waals surface area contributed by atoms with Gasteiger partial charge < -0.3 is 20.2 Å². The predicted molar refractivity (Wildman–Crippen MR) is 89.5 cm³/mol. The minimum Gasteiger partial charge on any atom is -0.481 e. The molecular formula is C17H29N3O4. The average Bonchev–Trinajstić information content (AvgIpc) is 3.01. The summed E-state index contributed by atoms with van der Waals surface area (Å²) < 4.78 is 0. The Morgan fingerprint density at radius 2 is 1.83 bits per heavy atom.